The molecule has 0 saturated carbocycles. The van der Waals surface area contributed by atoms with Gasteiger partial charge < -0.3 is 0 Å². The van der Waals surface area contributed by atoms with Crippen molar-refractivity contribution in [1.82, 2.24) is 0 Å². The molecule has 5 nitrogen and oxygen atoms in total. The number of rotatable bonds is 2. The second kappa shape index (κ2) is 2.32. The Morgan fingerprint density at radius 2 is 1.89 bits per heavy atom. The molecule has 0 bridgehead atoms. The maximum absolute atomic E-state index is 9.91. The van der Waals surface area contributed by atoms with Crippen LogP contribution in [0.4, 0.5) is 0 Å². The van der Waals surface area contributed by atoms with Gasteiger partial charge in [-0.15, -0.1) is 0 Å². The summed E-state index contributed by atoms with van der Waals surface area (Å²) in [7, 11) is -4.46. The first-order chi connectivity index (χ1) is 3.85. The van der Waals surface area contributed by atoms with E-state index in [0.29, 0.717) is 0 Å². The van der Waals surface area contributed by atoms with Crippen LogP contribution < -0.4 is 0 Å². The molecule has 0 aromatic carbocycles. The van der Waals surface area contributed by atoms with E-state index in [-0.39, 0.29) is 0 Å². The van der Waals surface area contributed by atoms with Gasteiger partial charge in [-0.3, -0.25) is 4.55 Å². The van der Waals surface area contributed by atoms with Crippen molar-refractivity contribution in [3.05, 3.63) is 0 Å². The number of hydrogen-bond donors (Lipinski definition) is 1. The van der Waals surface area contributed by atoms with Crippen LogP contribution in [0.3, 0.4) is 0 Å². The zero-order chi connectivity index (χ0) is 7.65. The van der Waals surface area contributed by atoms with E-state index in [0.717, 1.165) is 6.92 Å². The van der Waals surface area contributed by atoms with Gasteiger partial charge in [0.2, 0.25) is 0 Å². The molecular formula is C3H5O5S. The van der Waals surface area contributed by atoms with Gasteiger partial charge in [0.1, 0.15) is 0 Å². The highest BCUT2D eigenvalue weighted by atomic mass is 32.2. The third kappa shape index (κ3) is 2.43. The summed E-state index contributed by atoms with van der Waals surface area (Å²) in [6.07, 6.45) is 0. The van der Waals surface area contributed by atoms with Crippen LogP contribution in [0.1, 0.15) is 6.92 Å². The summed E-state index contributed by atoms with van der Waals surface area (Å²) in [5.74, 6) is -1.81. The van der Waals surface area contributed by atoms with Crippen LogP contribution in [0.5, 0.6) is 0 Å². The minimum Gasteiger partial charge on any atom is -0.285 e. The lowest BCUT2D eigenvalue weighted by molar-refractivity contribution is -0.142. The summed E-state index contributed by atoms with van der Waals surface area (Å²) in [5.41, 5.74) is 0. The molecule has 1 N–H and O–H groups in total. The molecule has 1 radical (unpaired) electrons. The van der Waals surface area contributed by atoms with E-state index >= 15 is 0 Å². The average Bonchev–Trinajstić information content (AvgIpc) is 1.62. The Hall–Kier alpha value is -0.620. The topological polar surface area (TPSA) is 91.3 Å². The standard InChI is InChI=1S/C3H5O5S/c1-2(3(4)5)9(6,7)8/h2H,1H3,(H,6,7,8). The Morgan fingerprint density at radius 3 is 1.89 bits per heavy atom. The molecule has 0 spiro atoms. The van der Waals surface area contributed by atoms with Crippen molar-refractivity contribution in [2.24, 2.45) is 0 Å². The fourth-order valence-electron chi connectivity index (χ4n) is 0.122. The van der Waals surface area contributed by atoms with Gasteiger partial charge in [0.15, 0.2) is 5.25 Å². The number of hydrogen-bond acceptors (Lipinski definition) is 3. The zero-order valence-electron chi connectivity index (χ0n) is 4.57. The molecule has 9 heavy (non-hydrogen) atoms. The van der Waals surface area contributed by atoms with E-state index in [4.69, 9.17) is 4.55 Å². The van der Waals surface area contributed by atoms with Crippen molar-refractivity contribution in [2.75, 3.05) is 0 Å². The van der Waals surface area contributed by atoms with E-state index in [1.54, 1.807) is 0 Å². The van der Waals surface area contributed by atoms with Crippen LogP contribution in [0, 0.1) is 0 Å². The Labute approximate surface area is 52.1 Å². The van der Waals surface area contributed by atoms with E-state index in [1.807, 2.05) is 0 Å². The molecule has 53 valence electrons. The Bertz CT molecular complexity index is 202. The number of carbonyl (C=O) groups is 1. The maximum atomic E-state index is 9.91. The Kier molecular flexibility index (Phi) is 2.16. The summed E-state index contributed by atoms with van der Waals surface area (Å²) < 4.78 is 27.8. The zero-order valence-corrected chi connectivity index (χ0v) is 5.38. The van der Waals surface area contributed by atoms with Gasteiger partial charge in [0.25, 0.3) is 10.1 Å². The molecule has 0 fully saturated rings. The lowest BCUT2D eigenvalue weighted by Gasteiger charge is -1.96. The summed E-state index contributed by atoms with van der Waals surface area (Å²) in [5, 5.41) is 7.85. The fourth-order valence-corrected chi connectivity index (χ4v) is 0.365. The van der Waals surface area contributed by atoms with Gasteiger partial charge in [-0.1, -0.05) is 0 Å². The minimum atomic E-state index is -4.46. The molecular weight excluding hydrogens is 148 g/mol. The van der Waals surface area contributed by atoms with Gasteiger partial charge in [-0.25, -0.2) is 9.90 Å². The van der Waals surface area contributed by atoms with Crippen LogP contribution in [-0.2, 0) is 20.0 Å². The molecule has 0 rings (SSSR count). The van der Waals surface area contributed by atoms with Crippen LogP contribution in [0.15, 0.2) is 0 Å². The fraction of sp³-hybridized carbons (Fsp3) is 0.667. The highest BCUT2D eigenvalue weighted by Gasteiger charge is 2.26. The van der Waals surface area contributed by atoms with E-state index in [2.05, 4.69) is 0 Å². The molecule has 0 amide bonds. The molecule has 0 saturated heterocycles. The summed E-state index contributed by atoms with van der Waals surface area (Å²) in [6.45, 7) is 0.824. The van der Waals surface area contributed by atoms with E-state index in [1.165, 1.54) is 0 Å². The van der Waals surface area contributed by atoms with Crippen molar-refractivity contribution >= 4 is 16.1 Å². The molecule has 0 aliphatic carbocycles. The van der Waals surface area contributed by atoms with Gasteiger partial charge in [-0.2, -0.15) is 8.42 Å². The SMILES string of the molecule is CC(C([O])=O)S(=O)(=O)O. The van der Waals surface area contributed by atoms with Crippen LogP contribution in [0.25, 0.3) is 0 Å². The second-order valence-corrected chi connectivity index (χ2v) is 3.21. The third-order valence-corrected chi connectivity index (χ3v) is 1.86. The van der Waals surface area contributed by atoms with Gasteiger partial charge in [-0.05, 0) is 6.92 Å². The smallest absolute Gasteiger partial charge is 0.285 e. The molecule has 0 aromatic rings. The predicted molar refractivity (Wildman–Crippen MR) is 26.7 cm³/mol. The predicted octanol–water partition coefficient (Wildman–Crippen LogP) is -0.780. The average molecular weight is 153 g/mol. The third-order valence-electron chi connectivity index (χ3n) is 0.779. The highest BCUT2D eigenvalue weighted by Crippen LogP contribution is 1.95. The van der Waals surface area contributed by atoms with Crippen molar-refractivity contribution < 1.29 is 22.9 Å². The van der Waals surface area contributed by atoms with Crippen molar-refractivity contribution in [2.45, 2.75) is 12.2 Å². The first kappa shape index (κ1) is 8.38. The lowest BCUT2D eigenvalue weighted by atomic mass is 10.5. The molecule has 0 aromatic heterocycles. The minimum absolute atomic E-state index is 0.824. The van der Waals surface area contributed by atoms with Crippen molar-refractivity contribution in [3.63, 3.8) is 0 Å². The monoisotopic (exact) mass is 153 g/mol. The molecule has 0 aliphatic heterocycles. The molecule has 6 heteroatoms. The Morgan fingerprint density at radius 1 is 1.56 bits per heavy atom. The quantitative estimate of drug-likeness (QED) is 0.527. The normalized spacial score (nSPS) is 14.9. The van der Waals surface area contributed by atoms with E-state index in [9.17, 15) is 18.3 Å². The second-order valence-electron chi connectivity index (χ2n) is 1.48. The molecule has 1 unspecified atom stereocenters. The van der Waals surface area contributed by atoms with Crippen LogP contribution in [0.2, 0.25) is 0 Å². The lowest BCUT2D eigenvalue weighted by Crippen LogP contribution is -2.24. The van der Waals surface area contributed by atoms with Gasteiger partial charge in [0, 0.05) is 0 Å². The number of carbonyl (C=O) groups excluding carboxylic acids is 1. The molecule has 1 atom stereocenters. The highest BCUT2D eigenvalue weighted by molar-refractivity contribution is 7.87. The van der Waals surface area contributed by atoms with Gasteiger partial charge in [0.05, 0.1) is 0 Å². The van der Waals surface area contributed by atoms with Crippen LogP contribution in [-0.4, -0.2) is 24.2 Å². The van der Waals surface area contributed by atoms with E-state index < -0.39 is 21.3 Å². The largest absolute Gasteiger partial charge is 0.375 e. The van der Waals surface area contributed by atoms with Gasteiger partial charge >= 0.3 is 5.97 Å². The Balaban J connectivity index is 4.43. The summed E-state index contributed by atoms with van der Waals surface area (Å²) in [6, 6.07) is 0. The first-order valence-corrected chi connectivity index (χ1v) is 3.53. The van der Waals surface area contributed by atoms with Crippen LogP contribution >= 0.6 is 0 Å². The van der Waals surface area contributed by atoms with Crippen molar-refractivity contribution in [3.8, 4) is 0 Å². The molecule has 0 aliphatic rings. The maximum Gasteiger partial charge on any atom is 0.375 e. The first-order valence-electron chi connectivity index (χ1n) is 2.03. The van der Waals surface area contributed by atoms with Crippen molar-refractivity contribution in [1.29, 1.82) is 0 Å². The summed E-state index contributed by atoms with van der Waals surface area (Å²) >= 11 is 0. The summed E-state index contributed by atoms with van der Waals surface area (Å²) in [4.78, 5) is 9.70. The molecule has 0 heterocycles.